The molecule has 0 amide bonds. The summed E-state index contributed by atoms with van der Waals surface area (Å²) in [7, 11) is 0. The molecule has 0 radical (unpaired) electrons. The fraction of sp³-hybridized carbons (Fsp3) is 0.556. The van der Waals surface area contributed by atoms with E-state index in [2.05, 4.69) is 86.8 Å². The molecule has 3 aromatic rings. The highest BCUT2D eigenvalue weighted by molar-refractivity contribution is 5.60. The molecule has 1 heterocycles. The highest BCUT2D eigenvalue weighted by Gasteiger charge is 2.17. The molecule has 0 aliphatic carbocycles. The van der Waals surface area contributed by atoms with Crippen molar-refractivity contribution in [2.75, 3.05) is 6.54 Å². The molecule has 1 N–H and O–H groups in total. The average Bonchev–Trinajstić information content (AvgIpc) is 2.97. The lowest BCUT2D eigenvalue weighted by atomic mass is 9.93. The third-order valence-electron chi connectivity index (χ3n) is 7.72. The highest BCUT2D eigenvalue weighted by Crippen LogP contribution is 2.29. The molecule has 0 bridgehead atoms. The van der Waals surface area contributed by atoms with Crippen LogP contribution in [0.1, 0.15) is 126 Å². The summed E-state index contributed by atoms with van der Waals surface area (Å²) < 4.78 is 0. The van der Waals surface area contributed by atoms with Gasteiger partial charge in [-0.3, -0.25) is 0 Å². The second-order valence-electron chi connectivity index (χ2n) is 11.2. The minimum Gasteiger partial charge on any atom is -0.313 e. The zero-order chi connectivity index (χ0) is 27.5. The molecule has 39 heavy (non-hydrogen) atoms. The van der Waals surface area contributed by atoms with Gasteiger partial charge in [0, 0.05) is 23.7 Å². The Kier molecular flexibility index (Phi) is 14.9. The van der Waals surface area contributed by atoms with E-state index >= 15 is 0 Å². The molecule has 3 nitrogen and oxygen atoms in total. The molecule has 0 saturated heterocycles. The second-order valence-corrected chi connectivity index (χ2v) is 11.2. The molecule has 0 aliphatic heterocycles. The smallest absolute Gasteiger partial charge is 0.132 e. The van der Waals surface area contributed by atoms with Crippen molar-refractivity contribution in [1.29, 1.82) is 0 Å². The van der Waals surface area contributed by atoms with Crippen LogP contribution < -0.4 is 5.32 Å². The Morgan fingerprint density at radius 2 is 1.33 bits per heavy atom. The second kappa shape index (κ2) is 18.7. The first-order valence-corrected chi connectivity index (χ1v) is 15.9. The Labute approximate surface area is 239 Å². The fourth-order valence-corrected chi connectivity index (χ4v) is 5.34. The minimum atomic E-state index is 0.462. The van der Waals surface area contributed by atoms with Crippen LogP contribution >= 0.6 is 0 Å². The molecule has 0 atom stereocenters. The summed E-state index contributed by atoms with van der Waals surface area (Å²) in [6, 6.07) is 22.1. The number of benzene rings is 2. The van der Waals surface area contributed by atoms with E-state index in [0.717, 1.165) is 50.3 Å². The molecule has 0 saturated carbocycles. The van der Waals surface area contributed by atoms with Crippen LogP contribution in [0.15, 0.2) is 60.7 Å². The normalized spacial score (nSPS) is 11.4. The summed E-state index contributed by atoms with van der Waals surface area (Å²) >= 11 is 0. The third-order valence-corrected chi connectivity index (χ3v) is 7.72. The number of nitrogens with zero attached hydrogens (tertiary/aromatic N) is 2. The van der Waals surface area contributed by atoms with Gasteiger partial charge in [0.2, 0.25) is 0 Å². The standard InChI is InChI=1S/C36H53N3/c1-4-7-9-14-20-33(21-15-10-8-5-2)36-38-34(22-16-19-30-17-12-11-13-18-30)28-35(39-36)32-25-23-31(24-26-32)29-37-27-6-3/h11-13,17-18,23-26,28,33,37H,4-10,14-16,19-22,27,29H2,1-3H3. The topological polar surface area (TPSA) is 37.8 Å². The van der Waals surface area contributed by atoms with Crippen molar-refractivity contribution in [2.24, 2.45) is 0 Å². The van der Waals surface area contributed by atoms with Gasteiger partial charge in [0.1, 0.15) is 5.82 Å². The van der Waals surface area contributed by atoms with Crippen LogP contribution in [0.4, 0.5) is 0 Å². The van der Waals surface area contributed by atoms with Crippen molar-refractivity contribution < 1.29 is 0 Å². The maximum Gasteiger partial charge on any atom is 0.132 e. The monoisotopic (exact) mass is 527 g/mol. The number of rotatable bonds is 20. The van der Waals surface area contributed by atoms with E-state index in [4.69, 9.17) is 9.97 Å². The van der Waals surface area contributed by atoms with E-state index in [1.165, 1.54) is 86.6 Å². The van der Waals surface area contributed by atoms with Gasteiger partial charge in [-0.25, -0.2) is 9.97 Å². The lowest BCUT2D eigenvalue weighted by molar-refractivity contribution is 0.478. The average molecular weight is 528 g/mol. The Morgan fingerprint density at radius 3 is 1.97 bits per heavy atom. The molecule has 1 aromatic heterocycles. The van der Waals surface area contributed by atoms with Crippen molar-refractivity contribution >= 4 is 0 Å². The number of unbranched alkanes of at least 4 members (excludes halogenated alkanes) is 6. The minimum absolute atomic E-state index is 0.462. The van der Waals surface area contributed by atoms with Crippen LogP contribution in [-0.2, 0) is 19.4 Å². The van der Waals surface area contributed by atoms with Gasteiger partial charge >= 0.3 is 0 Å². The van der Waals surface area contributed by atoms with E-state index in [0.29, 0.717) is 5.92 Å². The van der Waals surface area contributed by atoms with Gasteiger partial charge in [-0.05, 0) is 62.3 Å². The van der Waals surface area contributed by atoms with E-state index < -0.39 is 0 Å². The Balaban J connectivity index is 1.82. The van der Waals surface area contributed by atoms with Gasteiger partial charge in [0.05, 0.1) is 5.69 Å². The number of aryl methyl sites for hydroxylation is 2. The maximum absolute atomic E-state index is 5.25. The highest BCUT2D eigenvalue weighted by atomic mass is 14.9. The molecule has 0 aliphatic rings. The van der Waals surface area contributed by atoms with E-state index in [9.17, 15) is 0 Å². The predicted molar refractivity (Wildman–Crippen MR) is 168 cm³/mol. The largest absolute Gasteiger partial charge is 0.313 e. The lowest BCUT2D eigenvalue weighted by Gasteiger charge is -2.18. The maximum atomic E-state index is 5.25. The lowest BCUT2D eigenvalue weighted by Crippen LogP contribution is -2.13. The van der Waals surface area contributed by atoms with Crippen molar-refractivity contribution in [1.82, 2.24) is 15.3 Å². The van der Waals surface area contributed by atoms with Gasteiger partial charge in [-0.1, -0.05) is 127 Å². The molecule has 0 unspecified atom stereocenters. The van der Waals surface area contributed by atoms with Crippen LogP contribution in [0.25, 0.3) is 11.3 Å². The molecule has 0 fully saturated rings. The Hall–Kier alpha value is -2.52. The molecule has 3 rings (SSSR count). The van der Waals surface area contributed by atoms with Gasteiger partial charge in [-0.2, -0.15) is 0 Å². The van der Waals surface area contributed by atoms with Gasteiger partial charge in [0.25, 0.3) is 0 Å². The first kappa shape index (κ1) is 31.0. The third kappa shape index (κ3) is 11.6. The molecule has 2 aromatic carbocycles. The van der Waals surface area contributed by atoms with Crippen molar-refractivity contribution in [3.63, 3.8) is 0 Å². The van der Waals surface area contributed by atoms with Crippen LogP contribution in [0.5, 0.6) is 0 Å². The fourth-order valence-electron chi connectivity index (χ4n) is 5.34. The summed E-state index contributed by atoms with van der Waals surface area (Å²) in [6.45, 7) is 8.78. The number of aromatic nitrogens is 2. The summed E-state index contributed by atoms with van der Waals surface area (Å²) in [5, 5.41) is 3.51. The Bertz CT molecular complexity index is 1020. The summed E-state index contributed by atoms with van der Waals surface area (Å²) in [5.41, 5.74) is 6.23. The zero-order valence-corrected chi connectivity index (χ0v) is 25.1. The van der Waals surface area contributed by atoms with Crippen molar-refractivity contribution in [3.8, 4) is 11.3 Å². The van der Waals surface area contributed by atoms with Crippen LogP contribution in [0.3, 0.4) is 0 Å². The van der Waals surface area contributed by atoms with Crippen LogP contribution in [-0.4, -0.2) is 16.5 Å². The van der Waals surface area contributed by atoms with E-state index in [1.807, 2.05) is 0 Å². The number of hydrogen-bond acceptors (Lipinski definition) is 3. The summed E-state index contributed by atoms with van der Waals surface area (Å²) in [6.07, 6.45) is 17.2. The number of nitrogens with one attached hydrogen (secondary N) is 1. The molecule has 3 heteroatoms. The molecular formula is C36H53N3. The first-order chi connectivity index (χ1) is 19.2. The Morgan fingerprint density at radius 1 is 0.641 bits per heavy atom. The van der Waals surface area contributed by atoms with E-state index in [1.54, 1.807) is 0 Å². The van der Waals surface area contributed by atoms with Gasteiger partial charge < -0.3 is 5.32 Å². The van der Waals surface area contributed by atoms with Crippen molar-refractivity contribution in [3.05, 3.63) is 83.3 Å². The first-order valence-electron chi connectivity index (χ1n) is 15.9. The van der Waals surface area contributed by atoms with Gasteiger partial charge in [0.15, 0.2) is 0 Å². The molecular weight excluding hydrogens is 474 g/mol. The van der Waals surface area contributed by atoms with Crippen LogP contribution in [0, 0.1) is 0 Å². The van der Waals surface area contributed by atoms with E-state index in [-0.39, 0.29) is 0 Å². The SMILES string of the molecule is CCCCCCC(CCCCCC)c1nc(CCCc2ccccc2)cc(-c2ccc(CNCCC)cc2)n1. The van der Waals surface area contributed by atoms with Crippen molar-refractivity contribution in [2.45, 2.75) is 123 Å². The molecule has 0 spiro atoms. The zero-order valence-electron chi connectivity index (χ0n) is 25.1. The molecule has 212 valence electrons. The van der Waals surface area contributed by atoms with Gasteiger partial charge in [-0.15, -0.1) is 0 Å². The summed E-state index contributed by atoms with van der Waals surface area (Å²) in [5.74, 6) is 1.55. The van der Waals surface area contributed by atoms with Crippen LogP contribution in [0.2, 0.25) is 0 Å². The quantitative estimate of drug-likeness (QED) is 0.149. The summed E-state index contributed by atoms with van der Waals surface area (Å²) in [4.78, 5) is 10.5. The number of hydrogen-bond donors (Lipinski definition) is 1. The predicted octanol–water partition coefficient (Wildman–Crippen LogP) is 9.84.